The number of carbonyl (C=O) groups is 1. The quantitative estimate of drug-likeness (QED) is 0.877. The minimum atomic E-state index is -0.00755. The Labute approximate surface area is 147 Å². The third-order valence-electron chi connectivity index (χ3n) is 5.17. The van der Waals surface area contributed by atoms with Crippen LogP contribution in [0.15, 0.2) is 36.4 Å². The molecule has 0 unspecified atom stereocenters. The number of aromatic nitrogens is 1. The summed E-state index contributed by atoms with van der Waals surface area (Å²) in [4.78, 5) is 17.9. The summed E-state index contributed by atoms with van der Waals surface area (Å²) in [7, 11) is 1.60. The molecule has 0 saturated carbocycles. The van der Waals surface area contributed by atoms with Gasteiger partial charge in [-0.3, -0.25) is 9.78 Å². The average Bonchev–Trinajstić information content (AvgIpc) is 3.11. The summed E-state index contributed by atoms with van der Waals surface area (Å²) >= 11 is 0. The van der Waals surface area contributed by atoms with Gasteiger partial charge in [-0.05, 0) is 56.1 Å². The van der Waals surface area contributed by atoms with Gasteiger partial charge in [0.15, 0.2) is 11.8 Å². The molecule has 3 fully saturated rings. The van der Waals surface area contributed by atoms with E-state index in [1.54, 1.807) is 43.5 Å². The van der Waals surface area contributed by atoms with E-state index < -0.39 is 0 Å². The normalized spacial score (nSPS) is 24.8. The number of aromatic amines is 1. The molecule has 2 aromatic rings. The lowest BCUT2D eigenvalue weighted by Gasteiger charge is -2.44. The topological polar surface area (TPSA) is 66.6 Å². The number of H-pyrrole nitrogens is 1. The molecule has 1 atom stereocenters. The molecule has 2 N–H and O–H groups in total. The highest BCUT2D eigenvalue weighted by molar-refractivity contribution is 5.94. The number of rotatable bonds is 5. The van der Waals surface area contributed by atoms with E-state index >= 15 is 0 Å². The van der Waals surface area contributed by atoms with Crippen molar-refractivity contribution in [1.82, 2.24) is 15.2 Å². The molecule has 132 valence electrons. The Morgan fingerprint density at radius 3 is 2.44 bits per heavy atom. The van der Waals surface area contributed by atoms with Crippen LogP contribution in [-0.4, -0.2) is 48.6 Å². The molecule has 0 spiro atoms. The number of nitrogens with zero attached hydrogens (tertiary/aromatic N) is 1. The Hall–Kier alpha value is -2.47. The van der Waals surface area contributed by atoms with Gasteiger partial charge in [0, 0.05) is 30.3 Å². The maximum atomic E-state index is 12.5. The predicted octanol–water partition coefficient (Wildman–Crippen LogP) is 2.64. The van der Waals surface area contributed by atoms with Crippen molar-refractivity contribution in [3.05, 3.63) is 42.0 Å². The smallest absolute Gasteiger partial charge is 0.251 e. The van der Waals surface area contributed by atoms with E-state index in [4.69, 9.17) is 9.47 Å². The number of fused-ring (bicyclic) bond motifs is 3. The van der Waals surface area contributed by atoms with Gasteiger partial charge in [-0.1, -0.05) is 0 Å². The van der Waals surface area contributed by atoms with Crippen LogP contribution in [0.25, 0.3) is 0 Å². The maximum absolute atomic E-state index is 12.5. The highest BCUT2D eigenvalue weighted by atomic mass is 16.5. The maximum Gasteiger partial charge on any atom is 0.251 e. The number of ether oxygens (including phenoxy) is 2. The first-order valence-corrected chi connectivity index (χ1v) is 8.75. The molecular weight excluding hydrogens is 318 g/mol. The second-order valence-electron chi connectivity index (χ2n) is 6.74. The lowest BCUT2D eigenvalue weighted by Crippen LogP contribution is -2.57. The van der Waals surface area contributed by atoms with Crippen molar-refractivity contribution in [2.45, 2.75) is 18.9 Å². The first-order chi connectivity index (χ1) is 12.2. The summed E-state index contributed by atoms with van der Waals surface area (Å²) < 4.78 is 10.8. The zero-order valence-corrected chi connectivity index (χ0v) is 14.3. The molecule has 3 aliphatic heterocycles. The SMILES string of the molecule is COc1ccc(Oc2ccc(C(=O)N[C@H]3CN4CCC3CC4)cc2)[nH]1. The number of carbonyl (C=O) groups excluding carboxylic acids is 1. The molecule has 0 radical (unpaired) electrons. The third kappa shape index (κ3) is 3.49. The van der Waals surface area contributed by atoms with Crippen LogP contribution in [0, 0.1) is 5.92 Å². The van der Waals surface area contributed by atoms with E-state index in [0.29, 0.717) is 29.0 Å². The summed E-state index contributed by atoms with van der Waals surface area (Å²) in [5, 5.41) is 3.20. The van der Waals surface area contributed by atoms with Gasteiger partial charge < -0.3 is 19.7 Å². The van der Waals surface area contributed by atoms with Crippen LogP contribution >= 0.6 is 0 Å². The third-order valence-corrected chi connectivity index (χ3v) is 5.17. The summed E-state index contributed by atoms with van der Waals surface area (Å²) in [5.41, 5.74) is 0.660. The van der Waals surface area contributed by atoms with Gasteiger partial charge in [-0.2, -0.15) is 0 Å². The van der Waals surface area contributed by atoms with Crippen LogP contribution in [0.2, 0.25) is 0 Å². The standard InChI is InChI=1S/C19H23N3O3/c1-24-17-6-7-18(21-17)25-15-4-2-14(3-5-15)19(23)20-16-12-22-10-8-13(16)9-11-22/h2-7,13,16,21H,8-12H2,1H3,(H,20,23)/t16-/m0/s1. The first-order valence-electron chi connectivity index (χ1n) is 8.75. The fraction of sp³-hybridized carbons (Fsp3) is 0.421. The summed E-state index contributed by atoms with van der Waals surface area (Å²) in [6.07, 6.45) is 2.38. The Bertz CT molecular complexity index is 733. The van der Waals surface area contributed by atoms with Crippen molar-refractivity contribution in [3.8, 4) is 17.5 Å². The highest BCUT2D eigenvalue weighted by Crippen LogP contribution is 2.28. The molecule has 1 aromatic heterocycles. The van der Waals surface area contributed by atoms with E-state index in [1.165, 1.54) is 25.9 Å². The molecule has 3 saturated heterocycles. The van der Waals surface area contributed by atoms with Gasteiger partial charge in [0.05, 0.1) is 7.11 Å². The second kappa shape index (κ2) is 6.80. The van der Waals surface area contributed by atoms with Crippen LogP contribution < -0.4 is 14.8 Å². The van der Waals surface area contributed by atoms with Gasteiger partial charge in [0.1, 0.15) is 5.75 Å². The Morgan fingerprint density at radius 2 is 1.84 bits per heavy atom. The molecule has 4 heterocycles. The van der Waals surface area contributed by atoms with E-state index in [9.17, 15) is 4.79 Å². The monoisotopic (exact) mass is 341 g/mol. The van der Waals surface area contributed by atoms with Gasteiger partial charge in [-0.25, -0.2) is 0 Å². The molecule has 25 heavy (non-hydrogen) atoms. The number of nitrogens with one attached hydrogen (secondary N) is 2. The van der Waals surface area contributed by atoms with Crippen molar-refractivity contribution in [2.24, 2.45) is 5.92 Å². The van der Waals surface area contributed by atoms with Crippen LogP contribution in [0.3, 0.4) is 0 Å². The molecular formula is C19H23N3O3. The van der Waals surface area contributed by atoms with Crippen LogP contribution in [-0.2, 0) is 0 Å². The molecule has 5 rings (SSSR count). The molecule has 6 heteroatoms. The Kier molecular flexibility index (Phi) is 4.36. The summed E-state index contributed by atoms with van der Waals surface area (Å²) in [6.45, 7) is 3.32. The summed E-state index contributed by atoms with van der Waals surface area (Å²) in [6, 6.07) is 11.1. The zero-order chi connectivity index (χ0) is 17.2. The number of methoxy groups -OCH3 is 1. The number of amides is 1. The highest BCUT2D eigenvalue weighted by Gasteiger charge is 2.34. The van der Waals surface area contributed by atoms with Crippen molar-refractivity contribution < 1.29 is 14.3 Å². The molecule has 3 aliphatic rings. The zero-order valence-electron chi connectivity index (χ0n) is 14.3. The van der Waals surface area contributed by atoms with Gasteiger partial charge in [0.25, 0.3) is 5.91 Å². The lowest BCUT2D eigenvalue weighted by atomic mass is 9.84. The Balaban J connectivity index is 1.37. The molecule has 1 amide bonds. The van der Waals surface area contributed by atoms with Crippen molar-refractivity contribution in [1.29, 1.82) is 0 Å². The van der Waals surface area contributed by atoms with Crippen molar-refractivity contribution >= 4 is 5.91 Å². The Morgan fingerprint density at radius 1 is 1.12 bits per heavy atom. The average molecular weight is 341 g/mol. The molecule has 1 aromatic carbocycles. The van der Waals surface area contributed by atoms with Crippen molar-refractivity contribution in [3.63, 3.8) is 0 Å². The molecule has 0 aliphatic carbocycles. The minimum Gasteiger partial charge on any atom is -0.482 e. The fourth-order valence-electron chi connectivity index (χ4n) is 3.72. The van der Waals surface area contributed by atoms with Crippen LogP contribution in [0.1, 0.15) is 23.2 Å². The largest absolute Gasteiger partial charge is 0.482 e. The predicted molar refractivity (Wildman–Crippen MR) is 94.3 cm³/mol. The molecule has 6 nitrogen and oxygen atoms in total. The number of hydrogen-bond donors (Lipinski definition) is 2. The number of benzene rings is 1. The van der Waals surface area contributed by atoms with E-state index in [2.05, 4.69) is 15.2 Å². The minimum absolute atomic E-state index is 0.00755. The van der Waals surface area contributed by atoms with Gasteiger partial charge in [0.2, 0.25) is 0 Å². The van der Waals surface area contributed by atoms with Crippen molar-refractivity contribution in [2.75, 3.05) is 26.7 Å². The first kappa shape index (κ1) is 16.0. The van der Waals surface area contributed by atoms with E-state index in [-0.39, 0.29) is 11.9 Å². The molecule has 2 bridgehead atoms. The lowest BCUT2D eigenvalue weighted by molar-refractivity contribution is 0.0620. The second-order valence-corrected chi connectivity index (χ2v) is 6.74. The van der Waals surface area contributed by atoms with E-state index in [1.807, 2.05) is 0 Å². The van der Waals surface area contributed by atoms with Crippen LogP contribution in [0.4, 0.5) is 0 Å². The van der Waals surface area contributed by atoms with E-state index in [0.717, 1.165) is 6.54 Å². The van der Waals surface area contributed by atoms with Crippen LogP contribution in [0.5, 0.6) is 17.5 Å². The van der Waals surface area contributed by atoms with Gasteiger partial charge in [-0.15, -0.1) is 0 Å². The fourth-order valence-corrected chi connectivity index (χ4v) is 3.72. The summed E-state index contributed by atoms with van der Waals surface area (Å²) in [5.74, 6) is 2.53. The van der Waals surface area contributed by atoms with Gasteiger partial charge >= 0.3 is 0 Å². The number of hydrogen-bond acceptors (Lipinski definition) is 4. The number of piperidine rings is 3.